The van der Waals surface area contributed by atoms with Crippen LogP contribution in [0.4, 0.5) is 4.39 Å². The highest BCUT2D eigenvalue weighted by Gasteiger charge is 2.17. The fourth-order valence-corrected chi connectivity index (χ4v) is 3.16. The van der Waals surface area contributed by atoms with Crippen molar-refractivity contribution in [1.29, 1.82) is 0 Å². The summed E-state index contributed by atoms with van der Waals surface area (Å²) in [4.78, 5) is 29.9. The summed E-state index contributed by atoms with van der Waals surface area (Å²) in [5, 5.41) is 0. The van der Waals surface area contributed by atoms with Crippen molar-refractivity contribution >= 4 is 11.2 Å². The third kappa shape index (κ3) is 2.97. The Morgan fingerprint density at radius 3 is 2.41 bits per heavy atom. The molecule has 0 saturated carbocycles. The molecule has 2 heterocycles. The van der Waals surface area contributed by atoms with Gasteiger partial charge in [0, 0.05) is 19.2 Å². The second-order valence-electron chi connectivity index (χ2n) is 6.35. The first-order chi connectivity index (χ1) is 13.1. The summed E-state index contributed by atoms with van der Waals surface area (Å²) in [5.74, 6) is -0.454. The second kappa shape index (κ2) is 6.68. The molecule has 0 aliphatic rings. The quantitative estimate of drug-likeness (QED) is 0.557. The van der Waals surface area contributed by atoms with E-state index in [1.54, 1.807) is 36.1 Å². The molecule has 2 aromatic heterocycles. The van der Waals surface area contributed by atoms with E-state index in [0.29, 0.717) is 17.7 Å². The number of aromatic nitrogens is 4. The first-order valence-corrected chi connectivity index (χ1v) is 8.48. The van der Waals surface area contributed by atoms with Crippen LogP contribution in [0.2, 0.25) is 0 Å². The number of imidazole rings is 1. The van der Waals surface area contributed by atoms with Gasteiger partial charge in [-0.15, -0.1) is 0 Å². The largest absolute Gasteiger partial charge is 0.332 e. The standard InChI is InChI=1S/C20H17FN4O2/c1-23-18-17(24(13-22-18)11-14-7-3-2-4-8-14)19(26)25(20(23)27)12-15-9-5-6-10-16(15)21/h2-10,13H,11-12H2,1H3. The molecule has 0 bridgehead atoms. The number of fused-ring (bicyclic) bond motifs is 1. The van der Waals surface area contributed by atoms with Crippen LogP contribution in [0.1, 0.15) is 11.1 Å². The average Bonchev–Trinajstić information content (AvgIpc) is 3.09. The van der Waals surface area contributed by atoms with Crippen molar-refractivity contribution in [1.82, 2.24) is 18.7 Å². The van der Waals surface area contributed by atoms with Crippen LogP contribution >= 0.6 is 0 Å². The fraction of sp³-hybridized carbons (Fsp3) is 0.150. The maximum atomic E-state index is 14.0. The van der Waals surface area contributed by atoms with Gasteiger partial charge in [-0.1, -0.05) is 48.5 Å². The van der Waals surface area contributed by atoms with E-state index in [2.05, 4.69) is 4.98 Å². The van der Waals surface area contributed by atoms with Crippen LogP contribution in [0.25, 0.3) is 11.2 Å². The number of rotatable bonds is 4. The Bertz CT molecular complexity index is 1240. The Balaban J connectivity index is 1.88. The topological polar surface area (TPSA) is 61.8 Å². The lowest BCUT2D eigenvalue weighted by Gasteiger charge is -2.10. The normalized spacial score (nSPS) is 11.2. The van der Waals surface area contributed by atoms with Crippen molar-refractivity contribution in [2.75, 3.05) is 0 Å². The van der Waals surface area contributed by atoms with Gasteiger partial charge in [-0.05, 0) is 11.6 Å². The molecule has 4 aromatic rings. The molecule has 7 heteroatoms. The molecular weight excluding hydrogens is 347 g/mol. The molecular formula is C20H17FN4O2. The number of benzene rings is 2. The molecule has 2 aromatic carbocycles. The lowest BCUT2D eigenvalue weighted by molar-refractivity contribution is 0.582. The Labute approximate surface area is 153 Å². The zero-order valence-corrected chi connectivity index (χ0v) is 14.7. The van der Waals surface area contributed by atoms with Crippen LogP contribution in [0.5, 0.6) is 0 Å². The van der Waals surface area contributed by atoms with Crippen LogP contribution in [-0.2, 0) is 20.1 Å². The van der Waals surface area contributed by atoms with Gasteiger partial charge in [0.2, 0.25) is 0 Å². The Morgan fingerprint density at radius 2 is 1.67 bits per heavy atom. The minimum atomic E-state index is -0.527. The van der Waals surface area contributed by atoms with Gasteiger partial charge in [0.1, 0.15) is 5.82 Å². The molecule has 4 rings (SSSR count). The summed E-state index contributed by atoms with van der Waals surface area (Å²) in [6.45, 7) is 0.315. The molecule has 0 radical (unpaired) electrons. The zero-order chi connectivity index (χ0) is 19.0. The molecule has 136 valence electrons. The third-order valence-corrected chi connectivity index (χ3v) is 4.58. The number of hydrogen-bond acceptors (Lipinski definition) is 3. The summed E-state index contributed by atoms with van der Waals surface area (Å²) in [7, 11) is 1.56. The first kappa shape index (κ1) is 17.0. The van der Waals surface area contributed by atoms with Gasteiger partial charge >= 0.3 is 5.69 Å². The van der Waals surface area contributed by atoms with Gasteiger partial charge in [-0.3, -0.25) is 13.9 Å². The number of nitrogens with zero attached hydrogens (tertiary/aromatic N) is 4. The number of hydrogen-bond donors (Lipinski definition) is 0. The maximum Gasteiger partial charge on any atom is 0.332 e. The zero-order valence-electron chi connectivity index (χ0n) is 14.7. The van der Waals surface area contributed by atoms with E-state index in [-0.39, 0.29) is 12.1 Å². The molecule has 27 heavy (non-hydrogen) atoms. The van der Waals surface area contributed by atoms with E-state index in [1.165, 1.54) is 10.6 Å². The van der Waals surface area contributed by atoms with E-state index in [0.717, 1.165) is 10.1 Å². The van der Waals surface area contributed by atoms with Crippen LogP contribution in [0.15, 0.2) is 70.5 Å². The Morgan fingerprint density at radius 1 is 0.963 bits per heavy atom. The molecule has 6 nitrogen and oxygen atoms in total. The van der Waals surface area contributed by atoms with Crippen molar-refractivity contribution in [2.24, 2.45) is 7.05 Å². The second-order valence-corrected chi connectivity index (χ2v) is 6.35. The van der Waals surface area contributed by atoms with Gasteiger partial charge < -0.3 is 4.57 Å². The van der Waals surface area contributed by atoms with Crippen LogP contribution in [-0.4, -0.2) is 18.7 Å². The minimum absolute atomic E-state index is 0.134. The van der Waals surface area contributed by atoms with E-state index in [4.69, 9.17) is 0 Å². The van der Waals surface area contributed by atoms with Crippen molar-refractivity contribution in [3.8, 4) is 0 Å². The predicted molar refractivity (Wildman–Crippen MR) is 100 cm³/mol. The first-order valence-electron chi connectivity index (χ1n) is 8.48. The maximum absolute atomic E-state index is 14.0. The smallest absolute Gasteiger partial charge is 0.320 e. The molecule has 0 fully saturated rings. The van der Waals surface area contributed by atoms with E-state index < -0.39 is 17.1 Å². The van der Waals surface area contributed by atoms with Gasteiger partial charge in [-0.25, -0.2) is 14.2 Å². The highest BCUT2D eigenvalue weighted by Crippen LogP contribution is 2.11. The molecule has 0 spiro atoms. The van der Waals surface area contributed by atoms with Crippen molar-refractivity contribution in [3.63, 3.8) is 0 Å². The van der Waals surface area contributed by atoms with Crippen LogP contribution in [0, 0.1) is 5.82 Å². The van der Waals surface area contributed by atoms with Crippen molar-refractivity contribution in [3.05, 3.63) is 98.7 Å². The predicted octanol–water partition coefficient (Wildman–Crippen LogP) is 2.13. The van der Waals surface area contributed by atoms with Gasteiger partial charge in [0.15, 0.2) is 11.2 Å². The lowest BCUT2D eigenvalue weighted by atomic mass is 10.2. The molecule has 0 amide bonds. The molecule has 0 saturated heterocycles. The molecule has 0 unspecified atom stereocenters. The summed E-state index contributed by atoms with van der Waals surface area (Å²) in [5.41, 5.74) is 0.907. The molecule has 0 atom stereocenters. The molecule has 0 aliphatic heterocycles. The third-order valence-electron chi connectivity index (χ3n) is 4.58. The van der Waals surface area contributed by atoms with Gasteiger partial charge in [0.05, 0.1) is 12.9 Å². The van der Waals surface area contributed by atoms with Crippen LogP contribution < -0.4 is 11.2 Å². The monoisotopic (exact) mass is 364 g/mol. The molecule has 0 N–H and O–H groups in total. The Kier molecular flexibility index (Phi) is 4.19. The van der Waals surface area contributed by atoms with Crippen molar-refractivity contribution < 1.29 is 4.39 Å². The average molecular weight is 364 g/mol. The summed E-state index contributed by atoms with van der Waals surface area (Å²) in [6, 6.07) is 15.8. The lowest BCUT2D eigenvalue weighted by Crippen LogP contribution is -2.40. The number of aryl methyl sites for hydroxylation is 1. The van der Waals surface area contributed by atoms with Crippen LogP contribution in [0.3, 0.4) is 0 Å². The Hall–Kier alpha value is -3.48. The summed E-state index contributed by atoms with van der Waals surface area (Å²) in [6.07, 6.45) is 1.55. The highest BCUT2D eigenvalue weighted by molar-refractivity contribution is 5.70. The SMILES string of the molecule is Cn1c(=O)n(Cc2ccccc2F)c(=O)c2c1ncn2Cc1ccccc1. The fourth-order valence-electron chi connectivity index (χ4n) is 3.16. The highest BCUT2D eigenvalue weighted by atomic mass is 19.1. The number of halogens is 1. The van der Waals surface area contributed by atoms with E-state index in [9.17, 15) is 14.0 Å². The summed E-state index contributed by atoms with van der Waals surface area (Å²) >= 11 is 0. The van der Waals surface area contributed by atoms with Gasteiger partial charge in [0.25, 0.3) is 5.56 Å². The summed E-state index contributed by atoms with van der Waals surface area (Å²) < 4.78 is 18.1. The van der Waals surface area contributed by atoms with E-state index in [1.807, 2.05) is 30.3 Å². The van der Waals surface area contributed by atoms with Gasteiger partial charge in [-0.2, -0.15) is 0 Å². The minimum Gasteiger partial charge on any atom is -0.320 e. The van der Waals surface area contributed by atoms with Crippen molar-refractivity contribution in [2.45, 2.75) is 13.1 Å². The molecule has 0 aliphatic carbocycles. The van der Waals surface area contributed by atoms with E-state index >= 15 is 0 Å².